The third-order valence-electron chi connectivity index (χ3n) is 3.14. The van der Waals surface area contributed by atoms with Crippen molar-refractivity contribution >= 4 is 34.8 Å². The molecule has 0 aliphatic heterocycles. The fourth-order valence-corrected chi connectivity index (χ4v) is 2.26. The van der Waals surface area contributed by atoms with E-state index < -0.39 is 0 Å². The predicted octanol–water partition coefficient (Wildman–Crippen LogP) is 4.42. The molecule has 0 saturated carbocycles. The third kappa shape index (κ3) is 4.44. The van der Waals surface area contributed by atoms with E-state index >= 15 is 0 Å². The molecule has 0 aliphatic carbocycles. The number of anilines is 1. The summed E-state index contributed by atoms with van der Waals surface area (Å²) in [5.41, 5.74) is 1.07. The van der Waals surface area contributed by atoms with Gasteiger partial charge in [0.15, 0.2) is 0 Å². The number of amides is 1. The zero-order valence-electron chi connectivity index (χ0n) is 11.9. The van der Waals surface area contributed by atoms with Crippen molar-refractivity contribution in [2.45, 2.75) is 13.0 Å². The van der Waals surface area contributed by atoms with Crippen LogP contribution in [0.2, 0.25) is 10.0 Å². The molecule has 0 radical (unpaired) electrons. The van der Waals surface area contributed by atoms with Gasteiger partial charge in [0.1, 0.15) is 5.82 Å². The summed E-state index contributed by atoms with van der Waals surface area (Å²) in [6.45, 7) is 1.85. The van der Waals surface area contributed by atoms with Crippen LogP contribution in [-0.4, -0.2) is 12.5 Å². The molecule has 1 amide bonds. The number of carbonyl (C=O) groups is 1. The van der Waals surface area contributed by atoms with Gasteiger partial charge in [0.2, 0.25) is 5.91 Å². The Labute approximate surface area is 138 Å². The largest absolute Gasteiger partial charge is 0.325 e. The van der Waals surface area contributed by atoms with Gasteiger partial charge in [-0.1, -0.05) is 41.4 Å². The van der Waals surface area contributed by atoms with Crippen LogP contribution in [0.5, 0.6) is 0 Å². The van der Waals surface area contributed by atoms with E-state index in [0.717, 1.165) is 0 Å². The smallest absolute Gasteiger partial charge is 0.238 e. The SMILES string of the molecule is CC(NCC(=O)Nc1ccc(Cl)c(Cl)c1)c1ccccc1F. The Morgan fingerprint density at radius 2 is 1.91 bits per heavy atom. The van der Waals surface area contributed by atoms with Gasteiger partial charge in [-0.15, -0.1) is 0 Å². The lowest BCUT2D eigenvalue weighted by atomic mass is 10.1. The Hall–Kier alpha value is -1.62. The number of benzene rings is 2. The second-order valence-corrected chi connectivity index (χ2v) is 5.62. The second kappa shape index (κ2) is 7.58. The molecule has 6 heteroatoms. The van der Waals surface area contributed by atoms with Crippen molar-refractivity contribution < 1.29 is 9.18 Å². The van der Waals surface area contributed by atoms with Crippen molar-refractivity contribution in [2.75, 3.05) is 11.9 Å². The first-order valence-electron chi connectivity index (χ1n) is 6.70. The van der Waals surface area contributed by atoms with E-state index in [1.54, 1.807) is 43.3 Å². The lowest BCUT2D eigenvalue weighted by Crippen LogP contribution is -2.30. The lowest BCUT2D eigenvalue weighted by Gasteiger charge is -2.15. The van der Waals surface area contributed by atoms with Crippen molar-refractivity contribution in [3.05, 3.63) is 63.9 Å². The van der Waals surface area contributed by atoms with Gasteiger partial charge in [0.25, 0.3) is 0 Å². The molecule has 116 valence electrons. The van der Waals surface area contributed by atoms with E-state index in [2.05, 4.69) is 10.6 Å². The van der Waals surface area contributed by atoms with Crippen molar-refractivity contribution in [1.29, 1.82) is 0 Å². The summed E-state index contributed by atoms with van der Waals surface area (Å²) in [6.07, 6.45) is 0. The summed E-state index contributed by atoms with van der Waals surface area (Å²) < 4.78 is 13.6. The summed E-state index contributed by atoms with van der Waals surface area (Å²) in [5, 5.41) is 6.46. The van der Waals surface area contributed by atoms with Gasteiger partial charge in [0, 0.05) is 17.3 Å². The van der Waals surface area contributed by atoms with Gasteiger partial charge in [-0.3, -0.25) is 4.79 Å². The molecule has 0 heterocycles. The van der Waals surface area contributed by atoms with E-state index in [1.807, 2.05) is 0 Å². The molecule has 2 aromatic carbocycles. The highest BCUT2D eigenvalue weighted by molar-refractivity contribution is 6.42. The maximum Gasteiger partial charge on any atom is 0.238 e. The van der Waals surface area contributed by atoms with E-state index in [1.165, 1.54) is 6.07 Å². The van der Waals surface area contributed by atoms with E-state index in [9.17, 15) is 9.18 Å². The monoisotopic (exact) mass is 340 g/mol. The normalized spacial score (nSPS) is 12.0. The van der Waals surface area contributed by atoms with Crippen molar-refractivity contribution in [3.63, 3.8) is 0 Å². The van der Waals surface area contributed by atoms with Crippen molar-refractivity contribution in [3.8, 4) is 0 Å². The van der Waals surface area contributed by atoms with E-state index in [4.69, 9.17) is 23.2 Å². The molecule has 0 bridgehead atoms. The molecule has 0 aliphatic rings. The van der Waals surface area contributed by atoms with Gasteiger partial charge in [-0.05, 0) is 31.2 Å². The minimum atomic E-state index is -0.299. The molecule has 2 N–H and O–H groups in total. The van der Waals surface area contributed by atoms with Crippen LogP contribution in [0.15, 0.2) is 42.5 Å². The number of carbonyl (C=O) groups excluding carboxylic acids is 1. The molecule has 2 aromatic rings. The maximum absolute atomic E-state index is 13.6. The quantitative estimate of drug-likeness (QED) is 0.845. The van der Waals surface area contributed by atoms with Gasteiger partial charge in [-0.25, -0.2) is 4.39 Å². The van der Waals surface area contributed by atoms with Crippen LogP contribution < -0.4 is 10.6 Å². The minimum Gasteiger partial charge on any atom is -0.325 e. The standard InChI is InChI=1S/C16H15Cl2FN2O/c1-10(12-4-2-3-5-15(12)19)20-9-16(22)21-11-6-7-13(17)14(18)8-11/h2-8,10,20H,9H2,1H3,(H,21,22). The van der Waals surface area contributed by atoms with Crippen LogP contribution in [0.1, 0.15) is 18.5 Å². The zero-order chi connectivity index (χ0) is 16.1. The summed E-state index contributed by atoms with van der Waals surface area (Å²) in [7, 11) is 0. The van der Waals surface area contributed by atoms with Gasteiger partial charge in [-0.2, -0.15) is 0 Å². The first kappa shape index (κ1) is 16.7. The molecule has 2 rings (SSSR count). The Kier molecular flexibility index (Phi) is 5.77. The minimum absolute atomic E-state index is 0.0513. The predicted molar refractivity (Wildman–Crippen MR) is 87.9 cm³/mol. The summed E-state index contributed by atoms with van der Waals surface area (Å²) in [4.78, 5) is 11.9. The molecular weight excluding hydrogens is 326 g/mol. The fourth-order valence-electron chi connectivity index (χ4n) is 1.96. The van der Waals surface area contributed by atoms with Crippen LogP contribution in [0.25, 0.3) is 0 Å². The van der Waals surface area contributed by atoms with Crippen LogP contribution >= 0.6 is 23.2 Å². The van der Waals surface area contributed by atoms with Crippen LogP contribution in [0.3, 0.4) is 0 Å². The number of rotatable bonds is 5. The molecule has 0 saturated heterocycles. The maximum atomic E-state index is 13.6. The van der Waals surface area contributed by atoms with E-state index in [0.29, 0.717) is 21.3 Å². The highest BCUT2D eigenvalue weighted by Crippen LogP contribution is 2.25. The highest BCUT2D eigenvalue weighted by atomic mass is 35.5. The zero-order valence-corrected chi connectivity index (χ0v) is 13.4. The highest BCUT2D eigenvalue weighted by Gasteiger charge is 2.11. The Balaban J connectivity index is 1.90. The van der Waals surface area contributed by atoms with E-state index in [-0.39, 0.29) is 24.3 Å². The molecule has 0 spiro atoms. The van der Waals surface area contributed by atoms with Gasteiger partial charge in [0.05, 0.1) is 16.6 Å². The van der Waals surface area contributed by atoms with Gasteiger partial charge >= 0.3 is 0 Å². The van der Waals surface area contributed by atoms with Crippen LogP contribution in [-0.2, 0) is 4.79 Å². The Bertz CT molecular complexity index is 679. The van der Waals surface area contributed by atoms with Crippen LogP contribution in [0.4, 0.5) is 10.1 Å². The number of hydrogen-bond acceptors (Lipinski definition) is 2. The Morgan fingerprint density at radius 1 is 1.18 bits per heavy atom. The molecule has 3 nitrogen and oxygen atoms in total. The molecule has 0 aromatic heterocycles. The topological polar surface area (TPSA) is 41.1 Å². The average Bonchev–Trinajstić information content (AvgIpc) is 2.49. The number of nitrogens with one attached hydrogen (secondary N) is 2. The fraction of sp³-hybridized carbons (Fsp3) is 0.188. The third-order valence-corrected chi connectivity index (χ3v) is 3.88. The molecule has 1 atom stereocenters. The summed E-state index contributed by atoms with van der Waals surface area (Å²) >= 11 is 11.7. The second-order valence-electron chi connectivity index (χ2n) is 4.80. The molecule has 0 fully saturated rings. The lowest BCUT2D eigenvalue weighted by molar-refractivity contribution is -0.115. The summed E-state index contributed by atoms with van der Waals surface area (Å²) in [6, 6.07) is 11.0. The first-order chi connectivity index (χ1) is 10.5. The molecule has 1 unspecified atom stereocenters. The number of halogens is 3. The average molecular weight is 341 g/mol. The Morgan fingerprint density at radius 3 is 2.59 bits per heavy atom. The summed E-state index contributed by atoms with van der Waals surface area (Å²) in [5.74, 6) is -0.547. The van der Waals surface area contributed by atoms with Crippen molar-refractivity contribution in [1.82, 2.24) is 5.32 Å². The molecular formula is C16H15Cl2FN2O. The molecule has 22 heavy (non-hydrogen) atoms. The van der Waals surface area contributed by atoms with Gasteiger partial charge < -0.3 is 10.6 Å². The van der Waals surface area contributed by atoms with Crippen LogP contribution in [0, 0.1) is 5.82 Å². The van der Waals surface area contributed by atoms with Crippen molar-refractivity contribution in [2.24, 2.45) is 0 Å². The number of hydrogen-bond donors (Lipinski definition) is 2. The first-order valence-corrected chi connectivity index (χ1v) is 7.45.